The van der Waals surface area contributed by atoms with Crippen molar-refractivity contribution in [1.29, 1.82) is 0 Å². The van der Waals surface area contributed by atoms with Gasteiger partial charge in [-0.05, 0) is 35.6 Å². The molecular formula is C18H21FN2. The minimum absolute atomic E-state index is 0.184. The van der Waals surface area contributed by atoms with Crippen molar-refractivity contribution in [3.8, 4) is 0 Å². The molecule has 1 aliphatic heterocycles. The summed E-state index contributed by atoms with van der Waals surface area (Å²) in [5.41, 5.74) is 8.72. The van der Waals surface area contributed by atoms with Crippen molar-refractivity contribution >= 4 is 0 Å². The highest BCUT2D eigenvalue weighted by atomic mass is 19.1. The van der Waals surface area contributed by atoms with E-state index in [9.17, 15) is 4.39 Å². The molecule has 0 aromatic heterocycles. The Morgan fingerprint density at radius 3 is 2.43 bits per heavy atom. The monoisotopic (exact) mass is 284 g/mol. The van der Waals surface area contributed by atoms with Gasteiger partial charge in [-0.25, -0.2) is 4.39 Å². The molecule has 0 bridgehead atoms. The van der Waals surface area contributed by atoms with Crippen LogP contribution in [-0.2, 0) is 6.54 Å². The van der Waals surface area contributed by atoms with Gasteiger partial charge in [-0.15, -0.1) is 0 Å². The summed E-state index contributed by atoms with van der Waals surface area (Å²) in [6.07, 6.45) is 1.03. The van der Waals surface area contributed by atoms with Crippen molar-refractivity contribution in [1.82, 2.24) is 4.90 Å². The molecule has 1 aliphatic rings. The summed E-state index contributed by atoms with van der Waals surface area (Å²) in [6, 6.07) is 17.5. The number of nitrogens with two attached hydrogens (primary N) is 1. The van der Waals surface area contributed by atoms with Gasteiger partial charge >= 0.3 is 0 Å². The number of hydrogen-bond acceptors (Lipinski definition) is 2. The molecule has 3 rings (SSSR count). The lowest BCUT2D eigenvalue weighted by molar-refractivity contribution is 0.181. The fourth-order valence-corrected chi connectivity index (χ4v) is 3.18. The highest BCUT2D eigenvalue weighted by Crippen LogP contribution is 2.27. The van der Waals surface area contributed by atoms with Gasteiger partial charge in [0, 0.05) is 25.7 Å². The first kappa shape index (κ1) is 14.2. The Bertz CT molecular complexity index is 568. The van der Waals surface area contributed by atoms with E-state index in [0.717, 1.165) is 31.6 Å². The Labute approximate surface area is 125 Å². The maximum Gasteiger partial charge on any atom is 0.123 e. The van der Waals surface area contributed by atoms with E-state index in [4.69, 9.17) is 5.73 Å². The summed E-state index contributed by atoms with van der Waals surface area (Å²) >= 11 is 0. The van der Waals surface area contributed by atoms with Crippen molar-refractivity contribution in [2.75, 3.05) is 13.1 Å². The first-order valence-corrected chi connectivity index (χ1v) is 7.48. The van der Waals surface area contributed by atoms with Gasteiger partial charge < -0.3 is 5.73 Å². The molecular weight excluding hydrogens is 263 g/mol. The van der Waals surface area contributed by atoms with Crippen LogP contribution in [0.4, 0.5) is 4.39 Å². The molecule has 0 amide bonds. The predicted octanol–water partition coefficient (Wildman–Crippen LogP) is 3.14. The summed E-state index contributed by atoms with van der Waals surface area (Å²) in [7, 11) is 0. The van der Waals surface area contributed by atoms with E-state index in [2.05, 4.69) is 29.2 Å². The number of nitrogens with zero attached hydrogens (tertiary/aromatic N) is 1. The summed E-state index contributed by atoms with van der Waals surface area (Å²) in [5, 5.41) is 0. The molecule has 2 aromatic carbocycles. The number of benzene rings is 2. The predicted molar refractivity (Wildman–Crippen MR) is 83.5 cm³/mol. The van der Waals surface area contributed by atoms with E-state index in [1.54, 1.807) is 0 Å². The van der Waals surface area contributed by atoms with E-state index in [-0.39, 0.29) is 11.9 Å². The Morgan fingerprint density at radius 2 is 1.71 bits per heavy atom. The maximum absolute atomic E-state index is 13.0. The fourth-order valence-electron chi connectivity index (χ4n) is 3.18. The van der Waals surface area contributed by atoms with Gasteiger partial charge in [0.2, 0.25) is 0 Å². The Hall–Kier alpha value is -1.71. The van der Waals surface area contributed by atoms with E-state index >= 15 is 0 Å². The summed E-state index contributed by atoms with van der Waals surface area (Å²) in [4.78, 5) is 2.37. The van der Waals surface area contributed by atoms with Crippen molar-refractivity contribution in [2.24, 2.45) is 5.73 Å². The van der Waals surface area contributed by atoms with Crippen LogP contribution >= 0.6 is 0 Å². The van der Waals surface area contributed by atoms with Gasteiger partial charge in [-0.3, -0.25) is 4.90 Å². The Morgan fingerprint density at radius 1 is 1.00 bits per heavy atom. The lowest BCUT2D eigenvalue weighted by Gasteiger charge is -2.36. The molecule has 2 nitrogen and oxygen atoms in total. The third-order valence-electron chi connectivity index (χ3n) is 4.15. The van der Waals surface area contributed by atoms with Crippen LogP contribution in [0.1, 0.15) is 23.5 Å². The smallest absolute Gasteiger partial charge is 0.123 e. The lowest BCUT2D eigenvalue weighted by Crippen LogP contribution is -2.45. The van der Waals surface area contributed by atoms with Gasteiger partial charge in [-0.1, -0.05) is 42.5 Å². The quantitative estimate of drug-likeness (QED) is 0.938. The van der Waals surface area contributed by atoms with Crippen LogP contribution < -0.4 is 5.73 Å². The molecule has 1 heterocycles. The van der Waals surface area contributed by atoms with Crippen LogP contribution in [0, 0.1) is 5.82 Å². The van der Waals surface area contributed by atoms with Crippen LogP contribution in [0.15, 0.2) is 54.6 Å². The zero-order valence-electron chi connectivity index (χ0n) is 12.1. The van der Waals surface area contributed by atoms with Crippen molar-refractivity contribution in [3.63, 3.8) is 0 Å². The first-order chi connectivity index (χ1) is 10.2. The lowest BCUT2D eigenvalue weighted by atomic mass is 9.88. The van der Waals surface area contributed by atoms with Crippen LogP contribution in [0.3, 0.4) is 0 Å². The molecule has 0 spiro atoms. The molecule has 1 saturated heterocycles. The van der Waals surface area contributed by atoms with Gasteiger partial charge in [0.1, 0.15) is 5.82 Å². The molecule has 110 valence electrons. The highest BCUT2D eigenvalue weighted by Gasteiger charge is 2.26. The largest absolute Gasteiger partial charge is 0.327 e. The van der Waals surface area contributed by atoms with Crippen LogP contribution in [-0.4, -0.2) is 24.0 Å². The molecule has 2 N–H and O–H groups in total. The first-order valence-electron chi connectivity index (χ1n) is 7.48. The summed E-state index contributed by atoms with van der Waals surface area (Å²) in [6.45, 7) is 2.74. The normalized spacial score (nSPS) is 23.1. The fraction of sp³-hybridized carbons (Fsp3) is 0.333. The third kappa shape index (κ3) is 3.69. The number of hydrogen-bond donors (Lipinski definition) is 1. The number of rotatable bonds is 3. The number of halogens is 1. The van der Waals surface area contributed by atoms with E-state index in [1.165, 1.54) is 17.7 Å². The zero-order chi connectivity index (χ0) is 14.7. The Kier molecular flexibility index (Phi) is 4.32. The Balaban J connectivity index is 1.70. The SMILES string of the molecule is NC1CC(c2ccccc2)CN(Cc2ccc(F)cc2)C1. The van der Waals surface area contributed by atoms with Gasteiger partial charge in [0.05, 0.1) is 0 Å². The minimum Gasteiger partial charge on any atom is -0.327 e. The second-order valence-corrected chi connectivity index (χ2v) is 5.92. The topological polar surface area (TPSA) is 29.3 Å². The molecule has 2 unspecified atom stereocenters. The average molecular weight is 284 g/mol. The van der Waals surface area contributed by atoms with E-state index < -0.39 is 0 Å². The number of piperidine rings is 1. The maximum atomic E-state index is 13.0. The second kappa shape index (κ2) is 6.37. The third-order valence-corrected chi connectivity index (χ3v) is 4.15. The van der Waals surface area contributed by atoms with Gasteiger partial charge in [0.15, 0.2) is 0 Å². The number of likely N-dealkylation sites (tertiary alicyclic amines) is 1. The van der Waals surface area contributed by atoms with Crippen LogP contribution in [0.5, 0.6) is 0 Å². The van der Waals surface area contributed by atoms with Crippen molar-refractivity contribution in [2.45, 2.75) is 24.9 Å². The average Bonchev–Trinajstić information content (AvgIpc) is 2.50. The molecule has 0 aliphatic carbocycles. The van der Waals surface area contributed by atoms with Crippen molar-refractivity contribution < 1.29 is 4.39 Å². The molecule has 2 aromatic rings. The van der Waals surface area contributed by atoms with Gasteiger partial charge in [-0.2, -0.15) is 0 Å². The molecule has 0 radical (unpaired) electrons. The molecule has 3 heteroatoms. The van der Waals surface area contributed by atoms with Gasteiger partial charge in [0.25, 0.3) is 0 Å². The zero-order valence-corrected chi connectivity index (χ0v) is 12.1. The minimum atomic E-state index is -0.184. The molecule has 21 heavy (non-hydrogen) atoms. The second-order valence-electron chi connectivity index (χ2n) is 5.92. The molecule has 0 saturated carbocycles. The molecule has 2 atom stereocenters. The molecule has 1 fully saturated rings. The van der Waals surface area contributed by atoms with Crippen LogP contribution in [0.2, 0.25) is 0 Å². The van der Waals surface area contributed by atoms with E-state index in [1.807, 2.05) is 18.2 Å². The summed E-state index contributed by atoms with van der Waals surface area (Å²) < 4.78 is 13.0. The summed E-state index contributed by atoms with van der Waals surface area (Å²) in [5.74, 6) is 0.298. The van der Waals surface area contributed by atoms with Crippen LogP contribution in [0.25, 0.3) is 0 Å². The highest BCUT2D eigenvalue weighted by molar-refractivity contribution is 5.22. The van der Waals surface area contributed by atoms with Crippen molar-refractivity contribution in [3.05, 3.63) is 71.5 Å². The standard InChI is InChI=1S/C18H21FN2/c19-17-8-6-14(7-9-17)11-21-12-16(10-18(20)13-21)15-4-2-1-3-5-15/h1-9,16,18H,10-13,20H2. The van der Waals surface area contributed by atoms with E-state index in [0.29, 0.717) is 5.92 Å².